The second-order valence-electron chi connectivity index (χ2n) is 11.3. The van der Waals surface area contributed by atoms with Crippen molar-refractivity contribution < 1.29 is 8.83 Å². The lowest BCUT2D eigenvalue weighted by Gasteiger charge is -2.13. The zero-order valence-electron chi connectivity index (χ0n) is 23.4. The molecule has 3 aromatic heterocycles. The maximum Gasteiger partial charge on any atom is 0.161 e. The Hall–Kier alpha value is -6.00. The molecule has 0 unspecified atom stereocenters. The van der Waals surface area contributed by atoms with Crippen LogP contribution in [0.2, 0.25) is 0 Å². The third-order valence-corrected chi connectivity index (χ3v) is 8.86. The van der Waals surface area contributed by atoms with Gasteiger partial charge in [-0.25, -0.2) is 9.97 Å². The zero-order chi connectivity index (χ0) is 28.8. The summed E-state index contributed by atoms with van der Waals surface area (Å²) in [4.78, 5) is 10.5. The largest absolute Gasteiger partial charge is 0.456 e. The normalized spacial score (nSPS) is 12.1. The number of benzene rings is 7. The Labute approximate surface area is 251 Å². The summed E-state index contributed by atoms with van der Waals surface area (Å²) in [6.07, 6.45) is 0. The molecule has 10 rings (SSSR count). The molecule has 0 amide bonds. The van der Waals surface area contributed by atoms with Crippen LogP contribution < -0.4 is 0 Å². The van der Waals surface area contributed by atoms with Gasteiger partial charge in [-0.2, -0.15) is 0 Å². The number of aromatic nitrogens is 2. The molecule has 0 aliphatic heterocycles. The lowest BCUT2D eigenvalue weighted by molar-refractivity contribution is 0.669. The standard InChI is InChI=1S/C40H22N2O2/c1-2-9-23(10-3-1)31-22-32(24-17-18-27-26-12-6-7-15-33(26)43-36(27)21-24)42-40(41-31)30-19-20-35-39-37(30)28-13-5-4-11-25(28)29-14-8-16-34(44-35)38(29)39/h1-22H. The van der Waals surface area contributed by atoms with Crippen LogP contribution in [-0.2, 0) is 0 Å². The predicted octanol–water partition coefficient (Wildman–Crippen LogP) is 11.0. The van der Waals surface area contributed by atoms with Crippen LogP contribution in [0.1, 0.15) is 0 Å². The van der Waals surface area contributed by atoms with E-state index < -0.39 is 0 Å². The molecule has 4 heteroatoms. The van der Waals surface area contributed by atoms with E-state index in [1.54, 1.807) is 0 Å². The van der Waals surface area contributed by atoms with E-state index >= 15 is 0 Å². The van der Waals surface area contributed by atoms with Gasteiger partial charge in [-0.15, -0.1) is 0 Å². The van der Waals surface area contributed by atoms with Crippen molar-refractivity contribution in [3.8, 4) is 33.9 Å². The average molecular weight is 563 g/mol. The fourth-order valence-corrected chi connectivity index (χ4v) is 6.89. The first kappa shape index (κ1) is 23.6. The van der Waals surface area contributed by atoms with E-state index in [1.807, 2.05) is 36.4 Å². The first-order valence-electron chi connectivity index (χ1n) is 14.7. The second-order valence-corrected chi connectivity index (χ2v) is 11.3. The molecule has 0 spiro atoms. The highest BCUT2D eigenvalue weighted by atomic mass is 16.3. The predicted molar refractivity (Wildman–Crippen MR) is 179 cm³/mol. The highest BCUT2D eigenvalue weighted by Gasteiger charge is 2.22. The first-order chi connectivity index (χ1) is 21.8. The van der Waals surface area contributed by atoms with Crippen LogP contribution in [0.15, 0.2) is 142 Å². The van der Waals surface area contributed by atoms with Crippen molar-refractivity contribution in [1.29, 1.82) is 0 Å². The third-order valence-electron chi connectivity index (χ3n) is 8.86. The lowest BCUT2D eigenvalue weighted by atomic mass is 9.91. The number of rotatable bonds is 3. The Bertz CT molecular complexity index is 2720. The maximum absolute atomic E-state index is 6.38. The Morgan fingerprint density at radius 2 is 1.00 bits per heavy atom. The van der Waals surface area contributed by atoms with E-state index in [2.05, 4.69) is 97.1 Å². The summed E-state index contributed by atoms with van der Waals surface area (Å²) < 4.78 is 12.6. The minimum absolute atomic E-state index is 0.673. The minimum atomic E-state index is 0.673. The summed E-state index contributed by atoms with van der Waals surface area (Å²) in [6, 6.07) is 45.9. The highest BCUT2D eigenvalue weighted by Crippen LogP contribution is 2.46. The Morgan fingerprint density at radius 1 is 0.364 bits per heavy atom. The molecule has 44 heavy (non-hydrogen) atoms. The summed E-state index contributed by atoms with van der Waals surface area (Å²) in [5, 5.41) is 9.12. The number of para-hydroxylation sites is 1. The minimum Gasteiger partial charge on any atom is -0.456 e. The van der Waals surface area contributed by atoms with Crippen LogP contribution in [0.25, 0.3) is 99.3 Å². The van der Waals surface area contributed by atoms with Gasteiger partial charge in [-0.3, -0.25) is 0 Å². The Morgan fingerprint density at radius 3 is 1.89 bits per heavy atom. The van der Waals surface area contributed by atoms with Crippen molar-refractivity contribution in [1.82, 2.24) is 9.97 Å². The van der Waals surface area contributed by atoms with Crippen molar-refractivity contribution in [2.75, 3.05) is 0 Å². The fraction of sp³-hybridized carbons (Fsp3) is 0. The zero-order valence-corrected chi connectivity index (χ0v) is 23.4. The maximum atomic E-state index is 6.38. The van der Waals surface area contributed by atoms with E-state index in [1.165, 1.54) is 10.8 Å². The molecule has 0 saturated heterocycles. The molecule has 4 nitrogen and oxygen atoms in total. The Balaban J connectivity index is 1.29. The third kappa shape index (κ3) is 3.28. The molecule has 0 radical (unpaired) electrons. The fourth-order valence-electron chi connectivity index (χ4n) is 6.89. The van der Waals surface area contributed by atoms with Crippen LogP contribution >= 0.6 is 0 Å². The molecule has 3 heterocycles. The molecule has 0 N–H and O–H groups in total. The summed E-state index contributed by atoms with van der Waals surface area (Å²) in [6.45, 7) is 0. The molecule has 0 atom stereocenters. The molecule has 0 bridgehead atoms. The highest BCUT2D eigenvalue weighted by molar-refractivity contribution is 6.35. The van der Waals surface area contributed by atoms with Crippen LogP contribution in [0, 0.1) is 0 Å². The lowest BCUT2D eigenvalue weighted by Crippen LogP contribution is -1.97. The first-order valence-corrected chi connectivity index (χ1v) is 14.7. The van der Waals surface area contributed by atoms with Gasteiger partial charge in [0.25, 0.3) is 0 Å². The van der Waals surface area contributed by atoms with Gasteiger partial charge in [0.1, 0.15) is 22.3 Å². The van der Waals surface area contributed by atoms with Gasteiger partial charge in [0, 0.05) is 43.6 Å². The van der Waals surface area contributed by atoms with Crippen LogP contribution in [0.3, 0.4) is 0 Å². The summed E-state index contributed by atoms with van der Waals surface area (Å²) >= 11 is 0. The van der Waals surface area contributed by atoms with E-state index in [0.717, 1.165) is 82.7 Å². The van der Waals surface area contributed by atoms with E-state index in [9.17, 15) is 0 Å². The monoisotopic (exact) mass is 562 g/mol. The van der Waals surface area contributed by atoms with Crippen molar-refractivity contribution in [2.45, 2.75) is 0 Å². The van der Waals surface area contributed by atoms with Crippen LogP contribution in [0.5, 0.6) is 0 Å². The molecule has 0 fully saturated rings. The van der Waals surface area contributed by atoms with Gasteiger partial charge in [0.15, 0.2) is 5.82 Å². The SMILES string of the molecule is c1ccc(-c2cc(-c3ccc4c(c3)oc3ccccc34)nc(-c3ccc4oc5cccc6c7ccccc7c3c4c56)n2)cc1. The topological polar surface area (TPSA) is 52.1 Å². The van der Waals surface area contributed by atoms with Crippen molar-refractivity contribution in [3.63, 3.8) is 0 Å². The molecule has 0 aliphatic carbocycles. The molecule has 10 aromatic rings. The smallest absolute Gasteiger partial charge is 0.161 e. The van der Waals surface area contributed by atoms with Crippen LogP contribution in [-0.4, -0.2) is 9.97 Å². The van der Waals surface area contributed by atoms with E-state index in [4.69, 9.17) is 18.8 Å². The van der Waals surface area contributed by atoms with Crippen molar-refractivity contribution in [2.24, 2.45) is 0 Å². The molecular formula is C40H22N2O2. The Kier molecular flexibility index (Phi) is 4.69. The van der Waals surface area contributed by atoms with Gasteiger partial charge in [-0.05, 0) is 58.6 Å². The summed E-state index contributed by atoms with van der Waals surface area (Å²) in [5.74, 6) is 0.673. The molecule has 0 saturated carbocycles. The van der Waals surface area contributed by atoms with E-state index in [0.29, 0.717) is 5.82 Å². The summed E-state index contributed by atoms with van der Waals surface area (Å²) in [5.41, 5.74) is 8.18. The second kappa shape index (κ2) is 8.76. The number of fused-ring (bicyclic) bond motifs is 6. The van der Waals surface area contributed by atoms with E-state index in [-0.39, 0.29) is 0 Å². The quantitative estimate of drug-likeness (QED) is 0.201. The van der Waals surface area contributed by atoms with Crippen molar-refractivity contribution >= 4 is 65.4 Å². The summed E-state index contributed by atoms with van der Waals surface area (Å²) in [7, 11) is 0. The van der Waals surface area contributed by atoms with Gasteiger partial charge in [-0.1, -0.05) is 91.0 Å². The number of furan rings is 2. The number of hydrogen-bond acceptors (Lipinski definition) is 4. The average Bonchev–Trinajstić information content (AvgIpc) is 3.66. The molecular weight excluding hydrogens is 540 g/mol. The van der Waals surface area contributed by atoms with Gasteiger partial charge < -0.3 is 8.83 Å². The molecule has 204 valence electrons. The number of hydrogen-bond donors (Lipinski definition) is 0. The molecule has 0 aliphatic rings. The van der Waals surface area contributed by atoms with Crippen molar-refractivity contribution in [3.05, 3.63) is 133 Å². The van der Waals surface area contributed by atoms with Crippen LogP contribution in [0.4, 0.5) is 0 Å². The number of nitrogens with zero attached hydrogens (tertiary/aromatic N) is 2. The van der Waals surface area contributed by atoms with Gasteiger partial charge >= 0.3 is 0 Å². The van der Waals surface area contributed by atoms with Gasteiger partial charge in [0.2, 0.25) is 0 Å². The van der Waals surface area contributed by atoms with Gasteiger partial charge in [0.05, 0.1) is 11.4 Å². The molecule has 7 aromatic carbocycles.